The van der Waals surface area contributed by atoms with Gasteiger partial charge in [0, 0.05) is 32.7 Å². The van der Waals surface area contributed by atoms with Gasteiger partial charge in [0.15, 0.2) is 4.77 Å². The lowest BCUT2D eigenvalue weighted by Crippen LogP contribution is -2.48. The van der Waals surface area contributed by atoms with Crippen LogP contribution >= 0.6 is 12.2 Å². The fraction of sp³-hybridized carbons (Fsp3) is 0.394. The summed E-state index contributed by atoms with van der Waals surface area (Å²) in [5.41, 5.74) is 6.20. The van der Waals surface area contributed by atoms with Crippen LogP contribution in [0.15, 0.2) is 77.6 Å². The molecule has 0 radical (unpaired) electrons. The topological polar surface area (TPSA) is 44.3 Å². The molecular formula is C33H38N4OS. The molecule has 0 spiro atoms. The van der Waals surface area contributed by atoms with Crippen LogP contribution in [0.3, 0.4) is 0 Å². The molecule has 6 heteroatoms. The van der Waals surface area contributed by atoms with Gasteiger partial charge in [-0.3, -0.25) is 14.3 Å². The first-order chi connectivity index (χ1) is 19.1. The predicted molar refractivity (Wildman–Crippen MR) is 162 cm³/mol. The van der Waals surface area contributed by atoms with E-state index in [1.807, 2.05) is 0 Å². The van der Waals surface area contributed by atoms with Crippen molar-refractivity contribution in [1.82, 2.24) is 19.4 Å². The van der Waals surface area contributed by atoms with E-state index in [0.717, 1.165) is 50.0 Å². The van der Waals surface area contributed by atoms with E-state index in [-0.39, 0.29) is 11.6 Å². The molecule has 6 rings (SSSR count). The second-order valence-corrected chi connectivity index (χ2v) is 11.6. The maximum atomic E-state index is 13.5. The van der Waals surface area contributed by atoms with Crippen molar-refractivity contribution in [3.63, 3.8) is 0 Å². The average Bonchev–Trinajstić information content (AvgIpc) is 2.93. The second-order valence-electron chi connectivity index (χ2n) is 11.2. The van der Waals surface area contributed by atoms with Crippen molar-refractivity contribution >= 4 is 23.1 Å². The summed E-state index contributed by atoms with van der Waals surface area (Å²) in [6.45, 7) is 7.86. The molecular weight excluding hydrogens is 500 g/mol. The van der Waals surface area contributed by atoms with Gasteiger partial charge >= 0.3 is 0 Å². The van der Waals surface area contributed by atoms with E-state index < -0.39 is 0 Å². The van der Waals surface area contributed by atoms with Gasteiger partial charge in [0.25, 0.3) is 5.56 Å². The first kappa shape index (κ1) is 26.2. The summed E-state index contributed by atoms with van der Waals surface area (Å²) in [7, 11) is 0. The highest BCUT2D eigenvalue weighted by Gasteiger charge is 2.26. The van der Waals surface area contributed by atoms with E-state index >= 15 is 0 Å². The van der Waals surface area contributed by atoms with Gasteiger partial charge in [-0.25, -0.2) is 0 Å². The molecule has 3 aromatic carbocycles. The highest BCUT2D eigenvalue weighted by Crippen LogP contribution is 2.38. The third-order valence-corrected chi connectivity index (χ3v) is 9.09. The Bertz CT molecular complexity index is 1490. The van der Waals surface area contributed by atoms with Gasteiger partial charge in [-0.15, -0.1) is 0 Å². The number of H-pyrrole nitrogens is 1. The molecule has 1 saturated carbocycles. The zero-order chi connectivity index (χ0) is 26.8. The van der Waals surface area contributed by atoms with Crippen LogP contribution in [0.5, 0.6) is 0 Å². The zero-order valence-electron chi connectivity index (χ0n) is 22.8. The van der Waals surface area contributed by atoms with E-state index in [1.165, 1.54) is 41.5 Å². The number of nitrogens with zero attached hydrogens (tertiary/aromatic N) is 3. The summed E-state index contributed by atoms with van der Waals surface area (Å²) < 4.78 is 2.30. The van der Waals surface area contributed by atoms with E-state index in [1.54, 1.807) is 4.57 Å². The first-order valence-electron chi connectivity index (χ1n) is 14.4. The summed E-state index contributed by atoms with van der Waals surface area (Å²) in [6.07, 6.45) is 4.66. The van der Waals surface area contributed by atoms with Crippen LogP contribution in [0.4, 0.5) is 0 Å². The van der Waals surface area contributed by atoms with Crippen LogP contribution in [-0.4, -0.2) is 52.1 Å². The van der Waals surface area contributed by atoms with E-state index in [2.05, 4.69) is 94.5 Å². The van der Waals surface area contributed by atoms with Crippen LogP contribution < -0.4 is 5.56 Å². The van der Waals surface area contributed by atoms with Crippen molar-refractivity contribution in [3.8, 4) is 0 Å². The molecule has 1 aliphatic heterocycles. The molecule has 0 bridgehead atoms. The van der Waals surface area contributed by atoms with Crippen molar-refractivity contribution in [2.24, 2.45) is 0 Å². The van der Waals surface area contributed by atoms with Crippen molar-refractivity contribution in [2.45, 2.75) is 51.1 Å². The molecule has 2 fully saturated rings. The molecule has 0 unspecified atom stereocenters. The van der Waals surface area contributed by atoms with Gasteiger partial charge in [0.05, 0.1) is 16.9 Å². The lowest BCUT2D eigenvalue weighted by atomic mass is 9.78. The van der Waals surface area contributed by atoms with E-state index in [9.17, 15) is 4.79 Å². The van der Waals surface area contributed by atoms with E-state index in [0.29, 0.717) is 17.2 Å². The first-order valence-corrected chi connectivity index (χ1v) is 14.8. The molecule has 202 valence electrons. The Morgan fingerprint density at radius 2 is 1.54 bits per heavy atom. The van der Waals surface area contributed by atoms with Crippen LogP contribution in [0, 0.1) is 11.7 Å². The molecule has 0 amide bonds. The fourth-order valence-corrected chi connectivity index (χ4v) is 6.65. The minimum atomic E-state index is 0.0488. The number of benzene rings is 3. The molecule has 39 heavy (non-hydrogen) atoms. The lowest BCUT2D eigenvalue weighted by molar-refractivity contribution is 0.107. The number of hydrogen-bond acceptors (Lipinski definition) is 4. The summed E-state index contributed by atoms with van der Waals surface area (Å²) in [4.78, 5) is 21.9. The molecule has 1 aromatic heterocycles. The Hall–Kier alpha value is -3.06. The smallest absolute Gasteiger partial charge is 0.262 e. The quantitative estimate of drug-likeness (QED) is 0.263. The zero-order valence-corrected chi connectivity index (χ0v) is 23.6. The molecule has 1 aliphatic carbocycles. The fourth-order valence-electron chi connectivity index (χ4n) is 6.37. The average molecular weight is 539 g/mol. The van der Waals surface area contributed by atoms with Gasteiger partial charge < -0.3 is 9.88 Å². The largest absolute Gasteiger partial charge is 0.332 e. The molecule has 4 aromatic rings. The summed E-state index contributed by atoms with van der Waals surface area (Å²) in [5.74, 6) is 0.604. The molecule has 0 atom stereocenters. The van der Waals surface area contributed by atoms with Crippen molar-refractivity contribution in [3.05, 3.63) is 110 Å². The van der Waals surface area contributed by atoms with Gasteiger partial charge in [0.2, 0.25) is 0 Å². The van der Waals surface area contributed by atoms with E-state index in [4.69, 9.17) is 12.2 Å². The molecule has 2 heterocycles. The number of nitrogens with one attached hydrogen (secondary N) is 1. The van der Waals surface area contributed by atoms with Crippen LogP contribution in [0.1, 0.15) is 59.9 Å². The molecule has 5 nitrogen and oxygen atoms in total. The standard InChI is InChI=1S/C33H38N4OS/c1-24-22-30-29(23-28(24)25-14-8-15-25)32(38)37(33(39)34-30)17-9-16-35-18-20-36(21-19-35)31(26-10-4-2-5-11-26)27-12-6-3-7-13-27/h2-7,10-13,22-23,25,31H,8-9,14-21H2,1H3,(H,34,39). The Morgan fingerprint density at radius 3 is 2.13 bits per heavy atom. The molecule has 1 N–H and O–H groups in total. The van der Waals surface area contributed by atoms with Crippen molar-refractivity contribution in [2.75, 3.05) is 32.7 Å². The maximum absolute atomic E-state index is 13.5. The number of aryl methyl sites for hydroxylation is 1. The number of rotatable bonds is 8. The molecule has 2 aliphatic rings. The number of aromatic amines is 1. The monoisotopic (exact) mass is 538 g/mol. The highest BCUT2D eigenvalue weighted by molar-refractivity contribution is 7.71. The number of piperazine rings is 1. The Kier molecular flexibility index (Phi) is 7.78. The van der Waals surface area contributed by atoms with Crippen LogP contribution in [0.2, 0.25) is 0 Å². The van der Waals surface area contributed by atoms with Crippen molar-refractivity contribution < 1.29 is 0 Å². The van der Waals surface area contributed by atoms with Gasteiger partial charge in [-0.05, 0) is 85.3 Å². The van der Waals surface area contributed by atoms with Crippen molar-refractivity contribution in [1.29, 1.82) is 0 Å². The summed E-state index contributed by atoms with van der Waals surface area (Å²) in [6, 6.07) is 26.2. The number of fused-ring (bicyclic) bond motifs is 1. The maximum Gasteiger partial charge on any atom is 0.262 e. The summed E-state index contributed by atoms with van der Waals surface area (Å²) >= 11 is 5.62. The Balaban J connectivity index is 1.11. The minimum absolute atomic E-state index is 0.0488. The highest BCUT2D eigenvalue weighted by atomic mass is 32.1. The number of aromatic nitrogens is 2. The minimum Gasteiger partial charge on any atom is -0.332 e. The normalized spacial score (nSPS) is 17.1. The van der Waals surface area contributed by atoms with Crippen LogP contribution in [-0.2, 0) is 6.54 Å². The Morgan fingerprint density at radius 1 is 0.897 bits per heavy atom. The van der Waals surface area contributed by atoms with Gasteiger partial charge in [-0.1, -0.05) is 67.1 Å². The Labute approximate surface area is 236 Å². The third-order valence-electron chi connectivity index (χ3n) is 8.77. The predicted octanol–water partition coefficient (Wildman–Crippen LogP) is 6.43. The lowest BCUT2D eigenvalue weighted by Gasteiger charge is -2.39. The second kappa shape index (κ2) is 11.6. The summed E-state index contributed by atoms with van der Waals surface area (Å²) in [5, 5.41) is 0.776. The van der Waals surface area contributed by atoms with Crippen LogP contribution in [0.25, 0.3) is 10.9 Å². The third kappa shape index (κ3) is 5.51. The number of hydrogen-bond donors (Lipinski definition) is 1. The molecule has 1 saturated heterocycles. The SMILES string of the molecule is Cc1cc2[nH]c(=S)n(CCCN3CCN(C(c4ccccc4)c4ccccc4)CC3)c(=O)c2cc1C1CCC1. The van der Waals surface area contributed by atoms with Gasteiger partial charge in [0.1, 0.15) is 0 Å². The van der Waals surface area contributed by atoms with Gasteiger partial charge in [-0.2, -0.15) is 0 Å².